The lowest BCUT2D eigenvalue weighted by Gasteiger charge is -2.48. The van der Waals surface area contributed by atoms with Crippen LogP contribution in [0, 0.1) is 22.7 Å². The van der Waals surface area contributed by atoms with Gasteiger partial charge in [-0.05, 0) is 126 Å². The molecule has 182 valence electrons. The zero-order chi connectivity index (χ0) is 24.5. The molecule has 2 bridgehead atoms. The van der Waals surface area contributed by atoms with Crippen molar-refractivity contribution in [2.75, 3.05) is 7.05 Å². The minimum atomic E-state index is -0.406. The van der Waals surface area contributed by atoms with Gasteiger partial charge in [0.05, 0.1) is 0 Å². The number of nitrogens with one attached hydrogen (secondary N) is 1. The molecule has 1 N–H and O–H groups in total. The van der Waals surface area contributed by atoms with E-state index in [9.17, 15) is 9.70 Å². The summed E-state index contributed by atoms with van der Waals surface area (Å²) in [7, 11) is 2.12. The van der Waals surface area contributed by atoms with Gasteiger partial charge in [-0.2, -0.15) is 4.91 Å². The molecule has 7 heteroatoms. The predicted molar refractivity (Wildman–Crippen MR) is 142 cm³/mol. The molecule has 5 atom stereocenters. The summed E-state index contributed by atoms with van der Waals surface area (Å²) in [5, 5.41) is 6.24. The van der Waals surface area contributed by atoms with E-state index >= 15 is 0 Å². The Morgan fingerprint density at radius 2 is 1.91 bits per heavy atom. The second-order valence-corrected chi connectivity index (χ2v) is 12.4. The van der Waals surface area contributed by atoms with Crippen molar-refractivity contribution in [1.29, 1.82) is 0 Å². The number of carbonyl (C=O) groups excluding carboxylic acids is 1. The quantitative estimate of drug-likeness (QED) is 0.164. The van der Waals surface area contributed by atoms with E-state index in [1.807, 2.05) is 26.8 Å². The molecule has 0 radical (unpaired) electrons. The Morgan fingerprint density at radius 1 is 1.25 bits per heavy atom. The predicted octanol–water partition coefficient (Wildman–Crippen LogP) is 7.21. The van der Waals surface area contributed by atoms with Crippen molar-refractivity contribution in [3.8, 4) is 0 Å². The van der Waals surface area contributed by atoms with Crippen molar-refractivity contribution >= 4 is 34.3 Å². The maximum atomic E-state index is 10.9. The van der Waals surface area contributed by atoms with E-state index in [4.69, 9.17) is 0 Å². The molecule has 1 amide bonds. The number of amides is 1. The zero-order valence-corrected chi connectivity index (χ0v) is 23.4. The van der Waals surface area contributed by atoms with Gasteiger partial charge in [0.2, 0.25) is 6.41 Å². The van der Waals surface area contributed by atoms with Gasteiger partial charge in [0.15, 0.2) is 0 Å². The Hall–Kier alpha value is -0.920. The molecule has 5 unspecified atom stereocenters. The first-order valence-electron chi connectivity index (χ1n) is 11.5. The van der Waals surface area contributed by atoms with Crippen molar-refractivity contribution in [3.05, 3.63) is 38.6 Å². The zero-order valence-electron chi connectivity index (χ0n) is 21.0. The Bertz CT molecular complexity index is 714. The Balaban J connectivity index is 0.000000320. The van der Waals surface area contributed by atoms with Crippen molar-refractivity contribution < 1.29 is 4.79 Å². The topological polar surface area (TPSA) is 61.8 Å². The average Bonchev–Trinajstić information content (AvgIpc) is 2.72. The van der Waals surface area contributed by atoms with Crippen LogP contribution in [-0.4, -0.2) is 34.9 Å². The molecule has 2 rings (SSSR count). The summed E-state index contributed by atoms with van der Waals surface area (Å²) in [6.07, 6.45) is 13.1. The highest BCUT2D eigenvalue weighted by Gasteiger charge is 2.46. The van der Waals surface area contributed by atoms with Crippen molar-refractivity contribution in [2.24, 2.45) is 22.9 Å². The van der Waals surface area contributed by atoms with Crippen LogP contribution in [0.25, 0.3) is 0 Å². The van der Waals surface area contributed by atoms with Crippen LogP contribution in [0.4, 0.5) is 0 Å². The minimum absolute atomic E-state index is 0.153. The lowest BCUT2D eigenvalue weighted by molar-refractivity contribution is -0.111. The Morgan fingerprint density at radius 3 is 2.41 bits per heavy atom. The second-order valence-electron chi connectivity index (χ2n) is 10.3. The molecule has 32 heavy (non-hydrogen) atoms. The van der Waals surface area contributed by atoms with Gasteiger partial charge >= 0.3 is 0 Å². The molecular weight excluding hydrogens is 486 g/mol. The monoisotopic (exact) mass is 527 g/mol. The van der Waals surface area contributed by atoms with E-state index in [-0.39, 0.29) is 11.6 Å². The van der Waals surface area contributed by atoms with Gasteiger partial charge in [-0.3, -0.25) is 4.79 Å². The van der Waals surface area contributed by atoms with Crippen LogP contribution in [0.2, 0.25) is 0 Å². The standard InChI is InChI=1S/C13H22BrNS.C12H20N2O2/c1-7-9-10-12(11(14)8-2)16-15(6)13(3,4)5;1-8-3-9-4-10(11(8)13-7-15)6-12(2,5-9)14-16/h7-10H,1-6H3;7-11H,3-6H2,1-2H3,(H,13,15)/b9-7-,11-8+,12-10+;. The van der Waals surface area contributed by atoms with E-state index in [0.29, 0.717) is 17.8 Å². The van der Waals surface area contributed by atoms with Gasteiger partial charge in [0, 0.05) is 21.0 Å². The molecule has 2 aliphatic rings. The smallest absolute Gasteiger partial charge is 0.207 e. The van der Waals surface area contributed by atoms with Crippen LogP contribution in [0.5, 0.6) is 0 Å². The summed E-state index contributed by atoms with van der Waals surface area (Å²) < 4.78 is 3.39. The van der Waals surface area contributed by atoms with E-state index < -0.39 is 5.54 Å². The number of rotatable bonds is 7. The molecule has 0 saturated heterocycles. The number of allylic oxidation sites excluding steroid dienone is 5. The first kappa shape index (κ1) is 29.1. The average molecular weight is 529 g/mol. The fraction of sp³-hybridized carbons (Fsp3) is 0.720. The van der Waals surface area contributed by atoms with E-state index in [1.165, 1.54) is 4.91 Å². The summed E-state index contributed by atoms with van der Waals surface area (Å²) in [5.74, 6) is 1.56. The molecule has 0 aliphatic heterocycles. The molecule has 5 nitrogen and oxygen atoms in total. The van der Waals surface area contributed by atoms with Crippen LogP contribution in [0.3, 0.4) is 0 Å². The summed E-state index contributed by atoms with van der Waals surface area (Å²) >= 11 is 5.33. The summed E-state index contributed by atoms with van der Waals surface area (Å²) in [6.45, 7) is 14.8. The molecule has 2 aliphatic carbocycles. The molecule has 2 saturated carbocycles. The van der Waals surface area contributed by atoms with E-state index in [1.54, 1.807) is 11.9 Å². The van der Waals surface area contributed by atoms with Gasteiger partial charge in [-0.15, -0.1) is 0 Å². The molecule has 0 aromatic carbocycles. The number of halogens is 1. The first-order chi connectivity index (χ1) is 14.9. The molecule has 0 aromatic rings. The molecular formula is C25H42BrN3O2S. The minimum Gasteiger partial charge on any atom is -0.355 e. The van der Waals surface area contributed by atoms with Crippen LogP contribution in [-0.2, 0) is 4.79 Å². The fourth-order valence-corrected chi connectivity index (χ4v) is 5.94. The summed E-state index contributed by atoms with van der Waals surface area (Å²) in [6, 6.07) is 0.232. The third kappa shape index (κ3) is 8.79. The molecule has 2 fully saturated rings. The maximum Gasteiger partial charge on any atom is 0.207 e. The number of nitroso groups, excluding NO2 is 1. The molecule has 0 heterocycles. The SMILES string of the molecule is CC1CC2CC(CC(C)(N=O)C2)C1NC=O.C\C=C/C=C(SN(C)C(C)(C)C)\C(Br)=C/C. The number of hydrogen-bond donors (Lipinski definition) is 1. The number of hydrogen-bond acceptors (Lipinski definition) is 5. The highest BCUT2D eigenvalue weighted by molar-refractivity contribution is 9.12. The second kappa shape index (κ2) is 13.1. The van der Waals surface area contributed by atoms with Gasteiger partial charge in [0.25, 0.3) is 0 Å². The van der Waals surface area contributed by atoms with Crippen LogP contribution < -0.4 is 5.32 Å². The normalized spacial score (nSPS) is 31.2. The number of fused-ring (bicyclic) bond motifs is 2. The maximum absolute atomic E-state index is 10.9. The number of nitrogens with zero attached hydrogens (tertiary/aromatic N) is 2. The summed E-state index contributed by atoms with van der Waals surface area (Å²) in [5.41, 5.74) is -0.253. The third-order valence-electron chi connectivity index (χ3n) is 6.48. The lowest BCUT2D eigenvalue weighted by atomic mass is 9.61. The van der Waals surface area contributed by atoms with Crippen LogP contribution in [0.15, 0.2) is 38.9 Å². The third-order valence-corrected chi connectivity index (χ3v) is 9.00. The van der Waals surface area contributed by atoms with Gasteiger partial charge < -0.3 is 5.32 Å². The van der Waals surface area contributed by atoms with Crippen molar-refractivity contribution in [1.82, 2.24) is 9.62 Å². The Kier molecular flexibility index (Phi) is 11.9. The highest BCUT2D eigenvalue weighted by atomic mass is 79.9. The summed E-state index contributed by atoms with van der Waals surface area (Å²) in [4.78, 5) is 22.8. The first-order valence-corrected chi connectivity index (χ1v) is 13.1. The van der Waals surface area contributed by atoms with Gasteiger partial charge in [-0.25, -0.2) is 4.31 Å². The highest BCUT2D eigenvalue weighted by Crippen LogP contribution is 2.47. The van der Waals surface area contributed by atoms with E-state index in [2.05, 4.69) is 83.7 Å². The fourth-order valence-electron chi connectivity index (χ4n) is 4.67. The molecule has 0 aromatic heterocycles. The lowest BCUT2D eigenvalue weighted by Crippen LogP contribution is -2.51. The van der Waals surface area contributed by atoms with E-state index in [0.717, 1.165) is 36.6 Å². The molecule has 0 spiro atoms. The number of carbonyl (C=O) groups is 1. The van der Waals surface area contributed by atoms with Crippen LogP contribution >= 0.6 is 27.9 Å². The Labute approximate surface area is 208 Å². The van der Waals surface area contributed by atoms with Crippen molar-refractivity contribution in [2.45, 2.75) is 91.3 Å². The van der Waals surface area contributed by atoms with Crippen molar-refractivity contribution in [3.63, 3.8) is 0 Å². The largest absolute Gasteiger partial charge is 0.355 e. The van der Waals surface area contributed by atoms with Crippen LogP contribution in [0.1, 0.15) is 74.1 Å². The van der Waals surface area contributed by atoms with Gasteiger partial charge in [0.1, 0.15) is 5.54 Å². The van der Waals surface area contributed by atoms with Gasteiger partial charge in [-0.1, -0.05) is 30.3 Å².